The molecule has 0 saturated carbocycles. The van der Waals surface area contributed by atoms with Gasteiger partial charge in [-0.1, -0.05) is 12.1 Å². The maximum Gasteiger partial charge on any atom is 0.573 e. The van der Waals surface area contributed by atoms with Gasteiger partial charge in [-0.2, -0.15) is 8.78 Å². The van der Waals surface area contributed by atoms with Crippen molar-refractivity contribution in [3.63, 3.8) is 0 Å². The minimum atomic E-state index is -4.97. The molecule has 8 heteroatoms. The molecule has 0 spiro atoms. The van der Waals surface area contributed by atoms with E-state index in [0.717, 1.165) is 18.2 Å². The third-order valence-electron chi connectivity index (χ3n) is 1.59. The number of alkyl halides is 6. The molecule has 2 nitrogen and oxygen atoms in total. The number of ether oxygens (including phenoxy) is 1. The number of hydrogen-bond donors (Lipinski definition) is 0. The molecule has 0 aliphatic rings. The Morgan fingerprint density at radius 2 is 1.76 bits per heavy atom. The molecule has 1 aromatic carbocycles. The Labute approximate surface area is 96.9 Å². The molecule has 0 radical (unpaired) electrons. The largest absolute Gasteiger partial charge is 0.573 e. The van der Waals surface area contributed by atoms with E-state index in [1.165, 1.54) is 0 Å². The molecule has 0 saturated heterocycles. The summed E-state index contributed by atoms with van der Waals surface area (Å²) in [6.45, 7) is 0. The van der Waals surface area contributed by atoms with E-state index >= 15 is 0 Å². The molecular formula is C9H4ClF5O2. The van der Waals surface area contributed by atoms with E-state index in [9.17, 15) is 26.7 Å². The van der Waals surface area contributed by atoms with Crippen LogP contribution in [-0.2, 0) is 0 Å². The summed E-state index contributed by atoms with van der Waals surface area (Å²) in [5.41, 5.74) is -0.674. The van der Waals surface area contributed by atoms with Gasteiger partial charge in [-0.3, -0.25) is 4.79 Å². The number of halogens is 6. The van der Waals surface area contributed by atoms with E-state index in [1.54, 1.807) is 0 Å². The second kappa shape index (κ2) is 4.48. The Balaban J connectivity index is 2.98. The smallest absolute Gasteiger partial charge is 0.406 e. The first-order valence-corrected chi connectivity index (χ1v) is 4.45. The minimum Gasteiger partial charge on any atom is -0.406 e. The monoisotopic (exact) mass is 274 g/mol. The quantitative estimate of drug-likeness (QED) is 0.478. The molecule has 0 heterocycles. The van der Waals surface area contributed by atoms with Crippen LogP contribution in [0, 0.1) is 0 Å². The topological polar surface area (TPSA) is 26.3 Å². The zero-order valence-corrected chi connectivity index (χ0v) is 8.65. The highest BCUT2D eigenvalue weighted by molar-refractivity contribution is 6.35. The molecule has 0 aromatic heterocycles. The van der Waals surface area contributed by atoms with Crippen molar-refractivity contribution in [3.05, 3.63) is 29.8 Å². The summed E-state index contributed by atoms with van der Waals surface area (Å²) in [5.74, 6) is -2.57. The highest BCUT2D eigenvalue weighted by Gasteiger charge is 2.37. The van der Waals surface area contributed by atoms with Crippen molar-refractivity contribution in [1.29, 1.82) is 0 Å². The molecular weight excluding hydrogens is 271 g/mol. The van der Waals surface area contributed by atoms with Gasteiger partial charge < -0.3 is 4.74 Å². The van der Waals surface area contributed by atoms with Gasteiger partial charge in [0.25, 0.3) is 0 Å². The van der Waals surface area contributed by atoms with Gasteiger partial charge in [0.1, 0.15) is 5.75 Å². The molecule has 1 aromatic rings. The van der Waals surface area contributed by atoms with Crippen molar-refractivity contribution >= 4 is 17.4 Å². The van der Waals surface area contributed by atoms with Crippen molar-refractivity contribution in [3.8, 4) is 5.75 Å². The van der Waals surface area contributed by atoms with Gasteiger partial charge in [0.2, 0.25) is 5.78 Å². The number of ketones is 1. The standard InChI is InChI=1S/C9H4ClF5O2/c10-8(11,12)7(16)5-2-1-3-6(4-5)17-9(13,14)15/h1-4H. The highest BCUT2D eigenvalue weighted by Crippen LogP contribution is 2.28. The van der Waals surface area contributed by atoms with Crippen molar-refractivity contribution in [2.45, 2.75) is 11.7 Å². The van der Waals surface area contributed by atoms with E-state index in [2.05, 4.69) is 16.3 Å². The Kier molecular flexibility index (Phi) is 3.61. The molecule has 17 heavy (non-hydrogen) atoms. The van der Waals surface area contributed by atoms with Crippen LogP contribution in [-0.4, -0.2) is 17.5 Å². The van der Waals surface area contributed by atoms with Crippen LogP contribution in [0.1, 0.15) is 10.4 Å². The summed E-state index contributed by atoms with van der Waals surface area (Å²) in [7, 11) is 0. The van der Waals surface area contributed by atoms with E-state index in [1.807, 2.05) is 0 Å². The van der Waals surface area contributed by atoms with Gasteiger partial charge >= 0.3 is 11.7 Å². The number of hydrogen-bond acceptors (Lipinski definition) is 2. The average molecular weight is 275 g/mol. The number of benzene rings is 1. The molecule has 0 bridgehead atoms. The fraction of sp³-hybridized carbons (Fsp3) is 0.222. The van der Waals surface area contributed by atoms with Gasteiger partial charge in [-0.15, -0.1) is 13.2 Å². The van der Waals surface area contributed by atoms with Gasteiger partial charge in [-0.25, -0.2) is 0 Å². The zero-order valence-electron chi connectivity index (χ0n) is 7.89. The predicted molar refractivity (Wildman–Crippen MR) is 48.3 cm³/mol. The second-order valence-electron chi connectivity index (χ2n) is 2.90. The summed E-state index contributed by atoms with van der Waals surface area (Å²) in [5, 5.41) is -4.17. The molecule has 1 rings (SSSR count). The van der Waals surface area contributed by atoms with Crippen LogP contribution in [0.15, 0.2) is 24.3 Å². The van der Waals surface area contributed by atoms with Crippen LogP contribution in [0.5, 0.6) is 5.75 Å². The lowest BCUT2D eigenvalue weighted by Gasteiger charge is -2.10. The Bertz CT molecular complexity index is 424. The lowest BCUT2D eigenvalue weighted by molar-refractivity contribution is -0.274. The first kappa shape index (κ1) is 13.7. The van der Waals surface area contributed by atoms with Crippen molar-refractivity contribution in [2.75, 3.05) is 0 Å². The van der Waals surface area contributed by atoms with Crippen LogP contribution in [0.25, 0.3) is 0 Å². The third kappa shape index (κ3) is 4.18. The SMILES string of the molecule is O=C(c1cccc(OC(F)(F)F)c1)C(F)(F)Cl. The van der Waals surface area contributed by atoms with Crippen LogP contribution in [0.2, 0.25) is 0 Å². The van der Waals surface area contributed by atoms with Crippen LogP contribution < -0.4 is 4.74 Å². The summed E-state index contributed by atoms with van der Waals surface area (Å²) in [6.07, 6.45) is -4.97. The fourth-order valence-electron chi connectivity index (χ4n) is 0.998. The lowest BCUT2D eigenvalue weighted by atomic mass is 10.1. The molecule has 0 fully saturated rings. The first-order valence-electron chi connectivity index (χ1n) is 4.07. The third-order valence-corrected chi connectivity index (χ3v) is 1.76. The maximum atomic E-state index is 12.4. The maximum absolute atomic E-state index is 12.4. The number of rotatable bonds is 3. The molecule has 0 aliphatic carbocycles. The molecule has 0 amide bonds. The fourth-order valence-corrected chi connectivity index (χ4v) is 1.11. The first-order chi connectivity index (χ1) is 7.59. The summed E-state index contributed by atoms with van der Waals surface area (Å²) < 4.78 is 63.8. The molecule has 0 aliphatic heterocycles. The predicted octanol–water partition coefficient (Wildman–Crippen LogP) is 3.60. The van der Waals surface area contributed by atoms with Crippen molar-refractivity contribution in [1.82, 2.24) is 0 Å². The number of carbonyl (C=O) groups is 1. The van der Waals surface area contributed by atoms with Crippen LogP contribution in [0.4, 0.5) is 22.0 Å². The molecule has 94 valence electrons. The Hall–Kier alpha value is -1.37. The lowest BCUT2D eigenvalue weighted by Crippen LogP contribution is -2.22. The van der Waals surface area contributed by atoms with E-state index in [4.69, 9.17) is 0 Å². The van der Waals surface area contributed by atoms with Crippen LogP contribution >= 0.6 is 11.6 Å². The number of Topliss-reactive ketones (excluding diaryl/α,β-unsaturated/α-hetero) is 1. The van der Waals surface area contributed by atoms with Crippen LogP contribution in [0.3, 0.4) is 0 Å². The highest BCUT2D eigenvalue weighted by atomic mass is 35.5. The molecule has 0 N–H and O–H groups in total. The molecule has 0 atom stereocenters. The van der Waals surface area contributed by atoms with Gasteiger partial charge in [0, 0.05) is 5.56 Å². The van der Waals surface area contributed by atoms with Gasteiger partial charge in [0.05, 0.1) is 0 Å². The van der Waals surface area contributed by atoms with Crippen molar-refractivity contribution < 1.29 is 31.5 Å². The summed E-state index contributed by atoms with van der Waals surface area (Å²) >= 11 is 4.46. The van der Waals surface area contributed by atoms with Gasteiger partial charge in [0.15, 0.2) is 0 Å². The Morgan fingerprint density at radius 1 is 1.18 bits per heavy atom. The minimum absolute atomic E-state index is 0.534. The Morgan fingerprint density at radius 3 is 2.24 bits per heavy atom. The zero-order chi connectivity index (χ0) is 13.3. The number of carbonyl (C=O) groups excluding carboxylic acids is 1. The van der Waals surface area contributed by atoms with E-state index in [-0.39, 0.29) is 0 Å². The van der Waals surface area contributed by atoms with E-state index < -0.39 is 28.8 Å². The van der Waals surface area contributed by atoms with Gasteiger partial charge in [-0.05, 0) is 23.7 Å². The summed E-state index contributed by atoms with van der Waals surface area (Å²) in [6, 6.07) is 3.28. The van der Waals surface area contributed by atoms with E-state index in [0.29, 0.717) is 6.07 Å². The molecule has 0 unspecified atom stereocenters. The normalized spacial score (nSPS) is 12.4. The average Bonchev–Trinajstić information content (AvgIpc) is 2.12. The second-order valence-corrected chi connectivity index (χ2v) is 3.38. The van der Waals surface area contributed by atoms with Crippen molar-refractivity contribution in [2.24, 2.45) is 0 Å². The summed E-state index contributed by atoms with van der Waals surface area (Å²) in [4.78, 5) is 11.0.